The molecule has 0 saturated heterocycles. The van der Waals surface area contributed by atoms with E-state index in [0.29, 0.717) is 28.8 Å². The highest BCUT2D eigenvalue weighted by atomic mass is 16.2. The number of nitrogens with one attached hydrogen (secondary N) is 3. The molecule has 0 atom stereocenters. The van der Waals surface area contributed by atoms with Crippen LogP contribution in [0.25, 0.3) is 11.3 Å². The molecule has 1 aromatic carbocycles. The van der Waals surface area contributed by atoms with Crippen LogP contribution < -0.4 is 16.2 Å². The van der Waals surface area contributed by atoms with Crippen LogP contribution in [0.4, 0.5) is 11.6 Å². The molecule has 1 saturated carbocycles. The summed E-state index contributed by atoms with van der Waals surface area (Å²) in [7, 11) is 0. The lowest BCUT2D eigenvalue weighted by atomic mass is 10.1. The Labute approximate surface area is 149 Å². The maximum absolute atomic E-state index is 12.3. The molecular formula is C19H17N5O2. The average Bonchev–Trinajstić information content (AvgIpc) is 3.48. The number of carbonyl (C=O) groups is 1. The molecule has 0 aliphatic heterocycles. The van der Waals surface area contributed by atoms with Gasteiger partial charge < -0.3 is 15.6 Å². The molecule has 7 nitrogen and oxygen atoms in total. The predicted molar refractivity (Wildman–Crippen MR) is 99.1 cm³/mol. The normalized spacial score (nSPS) is 13.2. The molecule has 26 heavy (non-hydrogen) atoms. The van der Waals surface area contributed by atoms with Crippen LogP contribution >= 0.6 is 0 Å². The van der Waals surface area contributed by atoms with Crippen molar-refractivity contribution < 1.29 is 4.79 Å². The van der Waals surface area contributed by atoms with Gasteiger partial charge in [-0.15, -0.1) is 0 Å². The van der Waals surface area contributed by atoms with Crippen LogP contribution in [0.1, 0.15) is 23.2 Å². The molecule has 7 heteroatoms. The van der Waals surface area contributed by atoms with Crippen molar-refractivity contribution in [3.63, 3.8) is 0 Å². The van der Waals surface area contributed by atoms with Crippen molar-refractivity contribution in [2.75, 3.05) is 10.6 Å². The number of aromatic nitrogens is 3. The van der Waals surface area contributed by atoms with E-state index in [2.05, 4.69) is 25.6 Å². The number of nitrogens with zero attached hydrogens (tertiary/aromatic N) is 2. The average molecular weight is 347 g/mol. The summed E-state index contributed by atoms with van der Waals surface area (Å²) in [4.78, 5) is 35.7. The largest absolute Gasteiger partial charge is 0.351 e. The summed E-state index contributed by atoms with van der Waals surface area (Å²) >= 11 is 0. The molecule has 130 valence electrons. The van der Waals surface area contributed by atoms with Gasteiger partial charge in [0.05, 0.1) is 5.69 Å². The lowest BCUT2D eigenvalue weighted by Crippen LogP contribution is -2.19. The summed E-state index contributed by atoms with van der Waals surface area (Å²) < 4.78 is 0. The Kier molecular flexibility index (Phi) is 4.18. The lowest BCUT2D eigenvalue weighted by molar-refractivity contribution is 0.102. The van der Waals surface area contributed by atoms with Gasteiger partial charge in [0.2, 0.25) is 5.95 Å². The van der Waals surface area contributed by atoms with E-state index in [1.165, 1.54) is 0 Å². The van der Waals surface area contributed by atoms with Crippen molar-refractivity contribution in [1.82, 2.24) is 15.0 Å². The van der Waals surface area contributed by atoms with E-state index in [1.807, 2.05) is 6.07 Å². The summed E-state index contributed by atoms with van der Waals surface area (Å²) in [5.41, 5.74) is 1.63. The van der Waals surface area contributed by atoms with E-state index in [4.69, 9.17) is 0 Å². The fourth-order valence-electron chi connectivity index (χ4n) is 2.51. The zero-order chi connectivity index (χ0) is 17.9. The third kappa shape index (κ3) is 3.61. The Morgan fingerprint density at radius 3 is 2.73 bits per heavy atom. The molecule has 1 aliphatic rings. The number of hydrogen-bond donors (Lipinski definition) is 3. The Balaban J connectivity index is 1.60. The molecule has 0 unspecified atom stereocenters. The minimum absolute atomic E-state index is 0.173. The van der Waals surface area contributed by atoms with Gasteiger partial charge >= 0.3 is 0 Å². The van der Waals surface area contributed by atoms with Crippen molar-refractivity contribution in [3.8, 4) is 11.3 Å². The molecule has 1 amide bonds. The number of amides is 1. The van der Waals surface area contributed by atoms with Gasteiger partial charge in [0.1, 0.15) is 5.69 Å². The molecule has 1 fully saturated rings. The highest BCUT2D eigenvalue weighted by Crippen LogP contribution is 2.24. The number of benzene rings is 1. The van der Waals surface area contributed by atoms with Crippen molar-refractivity contribution in [2.24, 2.45) is 0 Å². The number of hydrogen-bond acceptors (Lipinski definition) is 5. The first-order chi connectivity index (χ1) is 12.7. The van der Waals surface area contributed by atoms with E-state index < -0.39 is 0 Å². The quantitative estimate of drug-likeness (QED) is 0.659. The van der Waals surface area contributed by atoms with Gasteiger partial charge in [-0.2, -0.15) is 0 Å². The van der Waals surface area contributed by atoms with Crippen molar-refractivity contribution in [1.29, 1.82) is 0 Å². The molecule has 0 radical (unpaired) electrons. The molecule has 3 aromatic rings. The van der Waals surface area contributed by atoms with E-state index in [-0.39, 0.29) is 17.2 Å². The first-order valence-electron chi connectivity index (χ1n) is 8.38. The van der Waals surface area contributed by atoms with Crippen molar-refractivity contribution in [2.45, 2.75) is 18.9 Å². The van der Waals surface area contributed by atoms with E-state index in [9.17, 15) is 9.59 Å². The second-order valence-electron chi connectivity index (χ2n) is 6.14. The first kappa shape index (κ1) is 16.0. The van der Waals surface area contributed by atoms with Gasteiger partial charge in [0.15, 0.2) is 0 Å². The number of rotatable bonds is 5. The van der Waals surface area contributed by atoms with Crippen LogP contribution in [0.5, 0.6) is 0 Å². The summed E-state index contributed by atoms with van der Waals surface area (Å²) in [6.45, 7) is 0. The Morgan fingerprint density at radius 2 is 1.96 bits per heavy atom. The van der Waals surface area contributed by atoms with E-state index in [1.54, 1.807) is 48.8 Å². The maximum atomic E-state index is 12.3. The first-order valence-corrected chi connectivity index (χ1v) is 8.38. The molecular weight excluding hydrogens is 330 g/mol. The minimum Gasteiger partial charge on any atom is -0.351 e. The fourth-order valence-corrected chi connectivity index (χ4v) is 2.51. The summed E-state index contributed by atoms with van der Waals surface area (Å²) in [5, 5.41) is 5.89. The van der Waals surface area contributed by atoms with Crippen LogP contribution in [0.3, 0.4) is 0 Å². The number of anilines is 2. The van der Waals surface area contributed by atoms with Crippen LogP contribution in [0.2, 0.25) is 0 Å². The van der Waals surface area contributed by atoms with E-state index in [0.717, 1.165) is 12.8 Å². The minimum atomic E-state index is -0.372. The molecule has 0 spiro atoms. The third-order valence-corrected chi connectivity index (χ3v) is 4.05. The highest BCUT2D eigenvalue weighted by molar-refractivity contribution is 6.04. The van der Waals surface area contributed by atoms with Gasteiger partial charge in [-0.1, -0.05) is 18.2 Å². The van der Waals surface area contributed by atoms with Gasteiger partial charge in [0.25, 0.3) is 11.5 Å². The van der Waals surface area contributed by atoms with Crippen LogP contribution in [0.15, 0.2) is 59.7 Å². The molecule has 0 bridgehead atoms. The summed E-state index contributed by atoms with van der Waals surface area (Å²) in [6.07, 6.45) is 5.49. The summed E-state index contributed by atoms with van der Waals surface area (Å²) in [6, 6.07) is 12.6. The van der Waals surface area contributed by atoms with Crippen molar-refractivity contribution in [3.05, 3.63) is 70.8 Å². The maximum Gasteiger partial charge on any atom is 0.271 e. The second-order valence-corrected chi connectivity index (χ2v) is 6.14. The number of carbonyl (C=O) groups excluding carboxylic acids is 1. The predicted octanol–water partition coefficient (Wildman–Crippen LogP) is 2.66. The number of pyridine rings is 1. The topological polar surface area (TPSA) is 99.8 Å². The molecule has 1 aliphatic carbocycles. The SMILES string of the molecule is O=C(Nc1cc(-c2ccnc(NC3CC3)n2)c[nH]c1=O)c1ccccc1. The van der Waals surface area contributed by atoms with Crippen LogP contribution in [-0.4, -0.2) is 26.9 Å². The Morgan fingerprint density at radius 1 is 1.15 bits per heavy atom. The smallest absolute Gasteiger partial charge is 0.271 e. The fraction of sp³-hybridized carbons (Fsp3) is 0.158. The number of H-pyrrole nitrogens is 1. The third-order valence-electron chi connectivity index (χ3n) is 4.05. The van der Waals surface area contributed by atoms with Gasteiger partial charge in [-0.3, -0.25) is 9.59 Å². The zero-order valence-electron chi connectivity index (χ0n) is 13.9. The Hall–Kier alpha value is -3.48. The van der Waals surface area contributed by atoms with Crippen LogP contribution in [-0.2, 0) is 0 Å². The van der Waals surface area contributed by atoms with Gasteiger partial charge in [0, 0.05) is 29.6 Å². The van der Waals surface area contributed by atoms with Crippen molar-refractivity contribution >= 4 is 17.5 Å². The van der Waals surface area contributed by atoms with Gasteiger partial charge in [-0.25, -0.2) is 9.97 Å². The molecule has 3 N–H and O–H groups in total. The number of aromatic amines is 1. The molecule has 2 heterocycles. The monoisotopic (exact) mass is 347 g/mol. The molecule has 4 rings (SSSR count). The Bertz CT molecular complexity index is 996. The molecule has 2 aromatic heterocycles. The van der Waals surface area contributed by atoms with E-state index >= 15 is 0 Å². The summed E-state index contributed by atoms with van der Waals surface area (Å²) in [5.74, 6) is 0.220. The second kappa shape index (κ2) is 6.79. The standard InChI is InChI=1S/C19H17N5O2/c25-17(12-4-2-1-3-5-12)23-16-10-13(11-21-18(16)26)15-8-9-20-19(24-15)22-14-6-7-14/h1-5,8-11,14H,6-7H2,(H,21,26)(H,23,25)(H,20,22,24). The zero-order valence-corrected chi connectivity index (χ0v) is 13.9. The highest BCUT2D eigenvalue weighted by Gasteiger charge is 2.22. The van der Waals surface area contributed by atoms with Crippen LogP contribution in [0, 0.1) is 0 Å². The van der Waals surface area contributed by atoms with Gasteiger partial charge in [-0.05, 0) is 37.1 Å². The lowest BCUT2D eigenvalue weighted by Gasteiger charge is -2.08.